The lowest BCUT2D eigenvalue weighted by Crippen LogP contribution is -2.44. The predicted molar refractivity (Wildman–Crippen MR) is 164 cm³/mol. The Morgan fingerprint density at radius 1 is 0.763 bits per heavy atom. The molecule has 212 valence electrons. The summed E-state index contributed by atoms with van der Waals surface area (Å²) in [5.41, 5.74) is 1.22. The van der Waals surface area contributed by atoms with Crippen LogP contribution in [0.3, 0.4) is 0 Å². The fourth-order valence-electron chi connectivity index (χ4n) is 4.29. The molecule has 2 aromatic rings. The van der Waals surface area contributed by atoms with E-state index < -0.39 is 26.7 Å². The normalized spacial score (nSPS) is 19.7. The third-order valence-corrected chi connectivity index (χ3v) is 19.1. The molecule has 0 aliphatic heterocycles. The fraction of sp³-hybridized carbons (Fsp3) is 0.600. The number of benzene rings is 2. The molecule has 1 fully saturated rings. The Morgan fingerprint density at radius 3 is 1.82 bits per heavy atom. The van der Waals surface area contributed by atoms with Crippen molar-refractivity contribution in [2.24, 2.45) is 0 Å². The highest BCUT2D eigenvalue weighted by molar-refractivity contribution is 7.89. The van der Waals surface area contributed by atoms with E-state index in [9.17, 15) is 8.42 Å². The SMILES string of the molecule is CC(C)(C)[Si](C)(C)Oc1ccc(C2CCC(NS(=O)(=O)c3ccccc3)CC2)c(O[Si](C)(C)C(C)(C)C)c1. The van der Waals surface area contributed by atoms with Crippen molar-refractivity contribution >= 4 is 26.7 Å². The largest absolute Gasteiger partial charge is 0.543 e. The van der Waals surface area contributed by atoms with Gasteiger partial charge in [0.25, 0.3) is 0 Å². The second-order valence-corrected chi connectivity index (χ2v) is 25.1. The molecule has 0 unspecified atom stereocenters. The minimum atomic E-state index is -3.51. The zero-order valence-corrected chi connectivity index (χ0v) is 28.0. The van der Waals surface area contributed by atoms with Gasteiger partial charge in [0.05, 0.1) is 4.90 Å². The van der Waals surface area contributed by atoms with Gasteiger partial charge in [-0.3, -0.25) is 0 Å². The molecule has 1 saturated carbocycles. The first-order valence-corrected chi connectivity index (χ1v) is 21.2. The summed E-state index contributed by atoms with van der Waals surface area (Å²) in [5, 5.41) is 0.186. The maximum atomic E-state index is 12.8. The Hall–Kier alpha value is -1.62. The molecule has 0 radical (unpaired) electrons. The van der Waals surface area contributed by atoms with Crippen LogP contribution in [0.2, 0.25) is 36.3 Å². The summed E-state index contributed by atoms with van der Waals surface area (Å²) in [6, 6.07) is 15.0. The molecule has 0 bridgehead atoms. The zero-order valence-electron chi connectivity index (χ0n) is 25.1. The molecule has 2 aromatic carbocycles. The first-order valence-electron chi connectivity index (χ1n) is 13.9. The van der Waals surface area contributed by atoms with Crippen molar-refractivity contribution in [1.29, 1.82) is 0 Å². The minimum absolute atomic E-state index is 0.0533. The van der Waals surface area contributed by atoms with Gasteiger partial charge in [-0.05, 0) is 91.6 Å². The lowest BCUT2D eigenvalue weighted by atomic mass is 9.81. The highest BCUT2D eigenvalue weighted by Gasteiger charge is 2.41. The lowest BCUT2D eigenvalue weighted by molar-refractivity contribution is 0.367. The molecule has 5 nitrogen and oxygen atoms in total. The van der Waals surface area contributed by atoms with E-state index >= 15 is 0 Å². The van der Waals surface area contributed by atoms with E-state index in [0.717, 1.165) is 37.2 Å². The topological polar surface area (TPSA) is 64.6 Å². The first-order chi connectivity index (χ1) is 17.3. The number of hydrogen-bond donors (Lipinski definition) is 1. The maximum absolute atomic E-state index is 12.8. The van der Waals surface area contributed by atoms with Gasteiger partial charge < -0.3 is 8.85 Å². The van der Waals surface area contributed by atoms with Crippen LogP contribution in [-0.4, -0.2) is 31.1 Å². The molecular weight excluding hydrogens is 527 g/mol. The molecule has 0 heterocycles. The average molecular weight is 576 g/mol. The number of hydrogen-bond acceptors (Lipinski definition) is 4. The first kappa shape index (κ1) is 30.9. The summed E-state index contributed by atoms with van der Waals surface area (Å²) in [6.07, 6.45) is 3.44. The molecule has 1 aliphatic carbocycles. The molecule has 3 rings (SSSR count). The standard InChI is InChI=1S/C30H49NO4SSi2/c1-29(2,3)37(7,8)34-25-20-21-27(28(22-25)35-38(9,10)30(4,5)6)23-16-18-24(19-17-23)31-36(32,33)26-14-12-11-13-15-26/h11-15,20-24,31H,16-19H2,1-10H3. The summed E-state index contributed by atoms with van der Waals surface area (Å²) in [7, 11) is -7.58. The molecule has 0 atom stereocenters. The molecule has 38 heavy (non-hydrogen) atoms. The van der Waals surface area contributed by atoms with Crippen LogP contribution in [0.15, 0.2) is 53.4 Å². The highest BCUT2D eigenvalue weighted by Crippen LogP contribution is 2.45. The van der Waals surface area contributed by atoms with E-state index in [1.165, 1.54) is 5.56 Å². The van der Waals surface area contributed by atoms with Crippen molar-refractivity contribution in [3.05, 3.63) is 54.1 Å². The van der Waals surface area contributed by atoms with E-state index in [4.69, 9.17) is 8.85 Å². The Balaban J connectivity index is 1.83. The Kier molecular flexibility index (Phi) is 9.03. The predicted octanol–water partition coefficient (Wildman–Crippen LogP) is 8.46. The molecule has 1 aliphatic rings. The third-order valence-electron chi connectivity index (χ3n) is 8.88. The van der Waals surface area contributed by atoms with Gasteiger partial charge in [-0.15, -0.1) is 0 Å². The number of rotatable bonds is 8. The van der Waals surface area contributed by atoms with Crippen LogP contribution in [-0.2, 0) is 10.0 Å². The van der Waals surface area contributed by atoms with E-state index in [1.807, 2.05) is 6.07 Å². The van der Waals surface area contributed by atoms with Gasteiger partial charge in [0, 0.05) is 12.1 Å². The Morgan fingerprint density at radius 2 is 1.29 bits per heavy atom. The van der Waals surface area contributed by atoms with Crippen LogP contribution in [0.25, 0.3) is 0 Å². The quantitative estimate of drug-likeness (QED) is 0.321. The van der Waals surface area contributed by atoms with Gasteiger partial charge in [-0.2, -0.15) is 0 Å². The van der Waals surface area contributed by atoms with Crippen molar-refractivity contribution < 1.29 is 17.3 Å². The van der Waals surface area contributed by atoms with Crippen LogP contribution >= 0.6 is 0 Å². The van der Waals surface area contributed by atoms with Crippen LogP contribution in [0.1, 0.15) is 78.7 Å². The van der Waals surface area contributed by atoms with Gasteiger partial charge in [-0.1, -0.05) is 65.8 Å². The second-order valence-electron chi connectivity index (χ2n) is 13.9. The molecule has 1 N–H and O–H groups in total. The summed E-state index contributed by atoms with van der Waals surface area (Å²) in [6.45, 7) is 22.7. The average Bonchev–Trinajstić information content (AvgIpc) is 2.78. The molecular formula is C30H49NO4SSi2. The summed E-state index contributed by atoms with van der Waals surface area (Å²) in [4.78, 5) is 0.324. The zero-order chi connectivity index (χ0) is 28.6. The van der Waals surface area contributed by atoms with Crippen LogP contribution in [0, 0.1) is 0 Å². The summed E-state index contributed by atoms with van der Waals surface area (Å²) >= 11 is 0. The monoisotopic (exact) mass is 575 g/mol. The molecule has 0 aromatic heterocycles. The molecule has 0 amide bonds. The summed E-state index contributed by atoms with van der Waals surface area (Å²) in [5.74, 6) is 2.16. The van der Waals surface area contributed by atoms with Crippen molar-refractivity contribution in [3.8, 4) is 11.5 Å². The molecule has 0 spiro atoms. The highest BCUT2D eigenvalue weighted by atomic mass is 32.2. The van der Waals surface area contributed by atoms with Crippen molar-refractivity contribution in [1.82, 2.24) is 4.72 Å². The lowest BCUT2D eigenvalue weighted by Gasteiger charge is -2.39. The van der Waals surface area contributed by atoms with Crippen LogP contribution in [0.4, 0.5) is 0 Å². The van der Waals surface area contributed by atoms with E-state index in [2.05, 4.69) is 90.7 Å². The van der Waals surface area contributed by atoms with Crippen molar-refractivity contribution in [2.75, 3.05) is 0 Å². The van der Waals surface area contributed by atoms with Crippen LogP contribution < -0.4 is 13.6 Å². The van der Waals surface area contributed by atoms with Crippen molar-refractivity contribution in [2.45, 2.75) is 120 Å². The minimum Gasteiger partial charge on any atom is -0.543 e. The van der Waals surface area contributed by atoms with Gasteiger partial charge in [0.2, 0.25) is 26.7 Å². The Bertz CT molecular complexity index is 1190. The van der Waals surface area contributed by atoms with Crippen molar-refractivity contribution in [3.63, 3.8) is 0 Å². The summed E-state index contributed by atoms with van der Waals surface area (Å²) < 4.78 is 42.2. The van der Waals surface area contributed by atoms with E-state index in [-0.39, 0.29) is 16.1 Å². The van der Waals surface area contributed by atoms with Gasteiger partial charge in [-0.25, -0.2) is 13.1 Å². The van der Waals surface area contributed by atoms with Gasteiger partial charge >= 0.3 is 0 Å². The van der Waals surface area contributed by atoms with Gasteiger partial charge in [0.1, 0.15) is 11.5 Å². The number of sulfonamides is 1. The Labute approximate surface area is 234 Å². The third kappa shape index (κ3) is 7.31. The second kappa shape index (κ2) is 11.1. The van der Waals surface area contributed by atoms with Crippen LogP contribution in [0.5, 0.6) is 11.5 Å². The van der Waals surface area contributed by atoms with Gasteiger partial charge in [0.15, 0.2) is 0 Å². The molecule has 8 heteroatoms. The van der Waals surface area contributed by atoms with E-state index in [0.29, 0.717) is 10.8 Å². The molecule has 0 saturated heterocycles. The number of nitrogens with one attached hydrogen (secondary N) is 1. The van der Waals surface area contributed by atoms with E-state index in [1.54, 1.807) is 24.3 Å². The maximum Gasteiger partial charge on any atom is 0.250 e. The fourth-order valence-corrected chi connectivity index (χ4v) is 7.67. The smallest absolute Gasteiger partial charge is 0.250 e.